The Morgan fingerprint density at radius 1 is 1.20 bits per heavy atom. The van der Waals surface area contributed by atoms with Crippen LogP contribution in [0.4, 0.5) is 17.1 Å². The third-order valence-electron chi connectivity index (χ3n) is 2.10. The van der Waals surface area contributed by atoms with E-state index in [4.69, 9.17) is 5.73 Å². The average molecular weight is 200 g/mol. The molecule has 76 valence electrons. The van der Waals surface area contributed by atoms with E-state index in [1.165, 1.54) is 6.33 Å². The van der Waals surface area contributed by atoms with Gasteiger partial charge in [-0.05, 0) is 24.6 Å². The second-order valence-corrected chi connectivity index (χ2v) is 3.33. The maximum absolute atomic E-state index is 5.71. The first-order valence-corrected chi connectivity index (χ1v) is 4.64. The van der Waals surface area contributed by atoms with E-state index in [0.29, 0.717) is 0 Å². The van der Waals surface area contributed by atoms with Crippen molar-refractivity contribution in [1.29, 1.82) is 0 Å². The minimum absolute atomic E-state index is 0.736. The van der Waals surface area contributed by atoms with Gasteiger partial charge in [-0.1, -0.05) is 6.07 Å². The van der Waals surface area contributed by atoms with Gasteiger partial charge in [0.1, 0.15) is 6.33 Å². The third kappa shape index (κ3) is 2.22. The molecule has 2 aromatic rings. The molecule has 0 fully saturated rings. The zero-order valence-electron chi connectivity index (χ0n) is 8.44. The Labute approximate surface area is 88.2 Å². The molecule has 0 aliphatic carbocycles. The molecular weight excluding hydrogens is 188 g/mol. The highest BCUT2D eigenvalue weighted by atomic mass is 14.9. The highest BCUT2D eigenvalue weighted by Gasteiger charge is 1.99. The topological polar surface area (TPSA) is 63.8 Å². The van der Waals surface area contributed by atoms with Crippen molar-refractivity contribution in [3.8, 4) is 0 Å². The Kier molecular flexibility index (Phi) is 2.49. The minimum Gasteiger partial charge on any atom is -0.399 e. The maximum Gasteiger partial charge on any atom is 0.115 e. The lowest BCUT2D eigenvalue weighted by Crippen LogP contribution is -1.96. The van der Waals surface area contributed by atoms with Gasteiger partial charge in [-0.25, -0.2) is 9.97 Å². The van der Waals surface area contributed by atoms with Crippen molar-refractivity contribution in [3.05, 3.63) is 42.5 Å². The van der Waals surface area contributed by atoms with Gasteiger partial charge in [0.15, 0.2) is 0 Å². The van der Waals surface area contributed by atoms with Crippen molar-refractivity contribution in [2.75, 3.05) is 11.1 Å². The molecule has 0 aliphatic heterocycles. The summed E-state index contributed by atoms with van der Waals surface area (Å²) in [5.74, 6) is 0. The molecule has 0 radical (unpaired) electrons. The van der Waals surface area contributed by atoms with Gasteiger partial charge >= 0.3 is 0 Å². The van der Waals surface area contributed by atoms with Crippen molar-refractivity contribution in [2.45, 2.75) is 6.92 Å². The van der Waals surface area contributed by atoms with Crippen LogP contribution in [0.2, 0.25) is 0 Å². The molecule has 0 bridgehead atoms. The van der Waals surface area contributed by atoms with E-state index in [9.17, 15) is 0 Å². The monoisotopic (exact) mass is 200 g/mol. The fourth-order valence-corrected chi connectivity index (χ4v) is 1.29. The van der Waals surface area contributed by atoms with Crippen LogP contribution in [0.25, 0.3) is 0 Å². The highest BCUT2D eigenvalue weighted by molar-refractivity contribution is 5.66. The van der Waals surface area contributed by atoms with Gasteiger partial charge in [0.25, 0.3) is 0 Å². The van der Waals surface area contributed by atoms with E-state index in [1.54, 1.807) is 12.4 Å². The van der Waals surface area contributed by atoms with Crippen LogP contribution in [0.3, 0.4) is 0 Å². The van der Waals surface area contributed by atoms with Crippen LogP contribution in [0.15, 0.2) is 36.9 Å². The molecule has 0 amide bonds. The summed E-state index contributed by atoms with van der Waals surface area (Å²) in [6.45, 7) is 2.02. The fraction of sp³-hybridized carbons (Fsp3) is 0.0909. The Morgan fingerprint density at radius 2 is 1.93 bits per heavy atom. The summed E-state index contributed by atoms with van der Waals surface area (Å²) in [6.07, 6.45) is 4.93. The Hall–Kier alpha value is -2.10. The van der Waals surface area contributed by atoms with Gasteiger partial charge in [-0.3, -0.25) is 0 Å². The molecule has 3 N–H and O–H groups in total. The summed E-state index contributed by atoms with van der Waals surface area (Å²) in [4.78, 5) is 7.86. The van der Waals surface area contributed by atoms with Crippen molar-refractivity contribution in [1.82, 2.24) is 9.97 Å². The molecule has 4 heteroatoms. The zero-order valence-corrected chi connectivity index (χ0v) is 8.44. The highest BCUT2D eigenvalue weighted by Crippen LogP contribution is 2.21. The molecule has 15 heavy (non-hydrogen) atoms. The van der Waals surface area contributed by atoms with Crippen LogP contribution in [-0.2, 0) is 0 Å². The first kappa shape index (κ1) is 9.45. The van der Waals surface area contributed by atoms with E-state index in [-0.39, 0.29) is 0 Å². The number of hydrogen-bond acceptors (Lipinski definition) is 4. The number of aromatic nitrogens is 2. The van der Waals surface area contributed by atoms with Gasteiger partial charge in [-0.15, -0.1) is 0 Å². The van der Waals surface area contributed by atoms with Crippen molar-refractivity contribution >= 4 is 17.1 Å². The predicted octanol–water partition coefficient (Wildman–Crippen LogP) is 2.11. The predicted molar refractivity (Wildman–Crippen MR) is 60.9 cm³/mol. The summed E-state index contributed by atoms with van der Waals surface area (Å²) in [7, 11) is 0. The Bertz CT molecular complexity index is 453. The molecule has 1 aromatic carbocycles. The number of nitrogens with zero attached hydrogens (tertiary/aromatic N) is 2. The van der Waals surface area contributed by atoms with Gasteiger partial charge in [-0.2, -0.15) is 0 Å². The number of nitrogens with two attached hydrogens (primary N) is 1. The molecule has 0 saturated carbocycles. The Morgan fingerprint density at radius 3 is 2.67 bits per heavy atom. The lowest BCUT2D eigenvalue weighted by Gasteiger charge is -2.09. The standard InChI is InChI=1S/C11H12N4/c1-8-2-3-9(12)4-11(8)15-10-5-13-7-14-6-10/h2-7,15H,12H2,1H3. The van der Waals surface area contributed by atoms with Crippen LogP contribution < -0.4 is 11.1 Å². The molecule has 0 spiro atoms. The first-order chi connectivity index (χ1) is 7.25. The number of nitrogens with one attached hydrogen (secondary N) is 1. The fourth-order valence-electron chi connectivity index (χ4n) is 1.29. The average Bonchev–Trinajstić information content (AvgIpc) is 2.25. The largest absolute Gasteiger partial charge is 0.399 e. The maximum atomic E-state index is 5.71. The van der Waals surface area contributed by atoms with E-state index in [1.807, 2.05) is 25.1 Å². The van der Waals surface area contributed by atoms with Crippen molar-refractivity contribution in [3.63, 3.8) is 0 Å². The number of aryl methyl sites for hydroxylation is 1. The van der Waals surface area contributed by atoms with Crippen molar-refractivity contribution in [2.24, 2.45) is 0 Å². The van der Waals surface area contributed by atoms with Crippen LogP contribution in [0.1, 0.15) is 5.56 Å². The smallest absolute Gasteiger partial charge is 0.115 e. The molecule has 0 atom stereocenters. The number of nitrogen functional groups attached to an aromatic ring is 1. The second-order valence-electron chi connectivity index (χ2n) is 3.33. The van der Waals surface area contributed by atoms with Gasteiger partial charge < -0.3 is 11.1 Å². The molecule has 4 nitrogen and oxygen atoms in total. The van der Waals surface area contributed by atoms with Crippen LogP contribution in [-0.4, -0.2) is 9.97 Å². The van der Waals surface area contributed by atoms with Gasteiger partial charge in [0.05, 0.1) is 18.1 Å². The number of rotatable bonds is 2. The van der Waals surface area contributed by atoms with Crippen molar-refractivity contribution < 1.29 is 0 Å². The normalized spacial score (nSPS) is 9.93. The SMILES string of the molecule is Cc1ccc(N)cc1Nc1cncnc1. The molecule has 1 aromatic heterocycles. The van der Waals surface area contributed by atoms with Crippen LogP contribution in [0.5, 0.6) is 0 Å². The molecule has 0 unspecified atom stereocenters. The van der Waals surface area contributed by atoms with Crippen LogP contribution >= 0.6 is 0 Å². The molecule has 2 rings (SSSR count). The molecular formula is C11H12N4. The number of anilines is 3. The summed E-state index contributed by atoms with van der Waals surface area (Å²) in [6, 6.07) is 5.74. The quantitative estimate of drug-likeness (QED) is 0.729. The number of hydrogen-bond donors (Lipinski definition) is 2. The molecule has 1 heterocycles. The summed E-state index contributed by atoms with van der Waals surface area (Å²) < 4.78 is 0. The summed E-state index contributed by atoms with van der Waals surface area (Å²) in [5, 5.41) is 3.21. The Balaban J connectivity index is 2.28. The van der Waals surface area contributed by atoms with E-state index in [2.05, 4.69) is 15.3 Å². The molecule has 0 aliphatic rings. The number of benzene rings is 1. The third-order valence-corrected chi connectivity index (χ3v) is 2.10. The van der Waals surface area contributed by atoms with Gasteiger partial charge in [0, 0.05) is 11.4 Å². The first-order valence-electron chi connectivity index (χ1n) is 4.64. The van der Waals surface area contributed by atoms with E-state index < -0.39 is 0 Å². The zero-order chi connectivity index (χ0) is 10.7. The summed E-state index contributed by atoms with van der Waals surface area (Å²) >= 11 is 0. The minimum atomic E-state index is 0.736. The van der Waals surface area contributed by atoms with Crippen LogP contribution in [0, 0.1) is 6.92 Å². The lowest BCUT2D eigenvalue weighted by atomic mass is 10.2. The second kappa shape index (κ2) is 3.96. The lowest BCUT2D eigenvalue weighted by molar-refractivity contribution is 1.17. The van der Waals surface area contributed by atoms with E-state index in [0.717, 1.165) is 22.6 Å². The van der Waals surface area contributed by atoms with E-state index >= 15 is 0 Å². The summed E-state index contributed by atoms with van der Waals surface area (Å²) in [5.41, 5.74) is 9.41. The van der Waals surface area contributed by atoms with Gasteiger partial charge in [0.2, 0.25) is 0 Å². The molecule has 0 saturated heterocycles.